The minimum Gasteiger partial charge on any atom is -0.353 e. The molecule has 2 rings (SSSR count). The second-order valence-electron chi connectivity index (χ2n) is 5.32. The molecule has 112 valence electrons. The number of hydrogen-bond donors (Lipinski definition) is 1. The lowest BCUT2D eigenvalue weighted by Gasteiger charge is -2.28. The molecule has 1 aliphatic rings. The lowest BCUT2D eigenvalue weighted by atomic mass is 10.00. The number of carbonyl (C=O) groups excluding carboxylic acids is 1. The predicted molar refractivity (Wildman–Crippen MR) is 87.0 cm³/mol. The Labute approximate surface area is 127 Å². The molecule has 1 aromatic rings. The summed E-state index contributed by atoms with van der Waals surface area (Å²) in [6.45, 7) is 5.85. The van der Waals surface area contributed by atoms with Crippen LogP contribution >= 0.6 is 0 Å². The molecule has 0 saturated heterocycles. The standard InChI is InChI=1S/C18H24N2O/c1-2-3-4-10-18(21)19-12-7-13-20-14-11-16-8-5-6-9-17(16)15-20/h2-6,8-10H,7,11-15H2,1H3,(H,19,21)/b3-2+,10-4+. The van der Waals surface area contributed by atoms with E-state index in [1.165, 1.54) is 11.1 Å². The highest BCUT2D eigenvalue weighted by Gasteiger charge is 2.14. The zero-order valence-corrected chi connectivity index (χ0v) is 12.7. The molecular formula is C18H24N2O. The largest absolute Gasteiger partial charge is 0.353 e. The van der Waals surface area contributed by atoms with E-state index in [2.05, 4.69) is 34.5 Å². The van der Waals surface area contributed by atoms with Crippen LogP contribution in [0.1, 0.15) is 24.5 Å². The molecule has 0 aliphatic carbocycles. The molecule has 0 spiro atoms. The molecule has 0 unspecified atom stereocenters. The van der Waals surface area contributed by atoms with Gasteiger partial charge in [0.15, 0.2) is 0 Å². The fourth-order valence-corrected chi connectivity index (χ4v) is 2.57. The summed E-state index contributed by atoms with van der Waals surface area (Å²) in [7, 11) is 0. The van der Waals surface area contributed by atoms with Crippen molar-refractivity contribution < 1.29 is 4.79 Å². The number of benzene rings is 1. The Bertz CT molecular complexity index is 520. The van der Waals surface area contributed by atoms with Gasteiger partial charge in [0.25, 0.3) is 0 Å². The third kappa shape index (κ3) is 5.20. The molecule has 0 aromatic heterocycles. The molecule has 1 aromatic carbocycles. The molecule has 3 heteroatoms. The van der Waals surface area contributed by atoms with E-state index < -0.39 is 0 Å². The van der Waals surface area contributed by atoms with Crippen LogP contribution in [0, 0.1) is 0 Å². The molecule has 1 amide bonds. The summed E-state index contributed by atoms with van der Waals surface area (Å²) in [5.74, 6) is -0.0166. The predicted octanol–water partition coefficient (Wildman–Crippen LogP) is 2.68. The lowest BCUT2D eigenvalue weighted by Crippen LogP contribution is -2.33. The minimum atomic E-state index is -0.0166. The van der Waals surface area contributed by atoms with Crippen LogP contribution in [-0.2, 0) is 17.8 Å². The van der Waals surface area contributed by atoms with Crippen LogP contribution in [-0.4, -0.2) is 30.4 Å². The number of allylic oxidation sites excluding steroid dienone is 3. The number of fused-ring (bicyclic) bond motifs is 1. The van der Waals surface area contributed by atoms with Crippen LogP contribution in [0.4, 0.5) is 0 Å². The minimum absolute atomic E-state index is 0.0166. The monoisotopic (exact) mass is 284 g/mol. The fourth-order valence-electron chi connectivity index (χ4n) is 2.57. The molecule has 0 fully saturated rings. The molecule has 0 radical (unpaired) electrons. The van der Waals surface area contributed by atoms with Crippen molar-refractivity contribution in [1.29, 1.82) is 0 Å². The van der Waals surface area contributed by atoms with Crippen LogP contribution in [0.2, 0.25) is 0 Å². The number of carbonyl (C=O) groups is 1. The molecular weight excluding hydrogens is 260 g/mol. The van der Waals surface area contributed by atoms with Crippen LogP contribution in [0.15, 0.2) is 48.6 Å². The van der Waals surface area contributed by atoms with Gasteiger partial charge in [-0.25, -0.2) is 0 Å². The summed E-state index contributed by atoms with van der Waals surface area (Å²) in [6.07, 6.45) is 9.21. The topological polar surface area (TPSA) is 32.3 Å². The number of rotatable bonds is 6. The second kappa shape index (κ2) is 8.42. The summed E-state index contributed by atoms with van der Waals surface area (Å²) < 4.78 is 0. The third-order valence-electron chi connectivity index (χ3n) is 3.71. The van der Waals surface area contributed by atoms with Crippen molar-refractivity contribution in [2.75, 3.05) is 19.6 Å². The van der Waals surface area contributed by atoms with Gasteiger partial charge in [0, 0.05) is 32.3 Å². The average Bonchev–Trinajstić information content (AvgIpc) is 2.52. The van der Waals surface area contributed by atoms with E-state index in [1.54, 1.807) is 12.2 Å². The molecule has 1 aliphatic heterocycles. The van der Waals surface area contributed by atoms with Crippen LogP contribution in [0.5, 0.6) is 0 Å². The van der Waals surface area contributed by atoms with Gasteiger partial charge in [-0.2, -0.15) is 0 Å². The lowest BCUT2D eigenvalue weighted by molar-refractivity contribution is -0.116. The van der Waals surface area contributed by atoms with Crippen molar-refractivity contribution in [2.24, 2.45) is 0 Å². The van der Waals surface area contributed by atoms with Crippen LogP contribution in [0.3, 0.4) is 0 Å². The quantitative estimate of drug-likeness (QED) is 0.495. The smallest absolute Gasteiger partial charge is 0.243 e. The molecule has 0 atom stereocenters. The van der Waals surface area contributed by atoms with Gasteiger partial charge in [-0.1, -0.05) is 42.5 Å². The molecule has 1 N–H and O–H groups in total. The number of nitrogens with one attached hydrogen (secondary N) is 1. The van der Waals surface area contributed by atoms with E-state index in [4.69, 9.17) is 0 Å². The van der Waals surface area contributed by atoms with Gasteiger partial charge in [-0.05, 0) is 30.9 Å². The number of hydrogen-bond acceptors (Lipinski definition) is 2. The first-order valence-corrected chi connectivity index (χ1v) is 7.66. The summed E-state index contributed by atoms with van der Waals surface area (Å²) in [6, 6.07) is 8.67. The number of amides is 1. The maximum Gasteiger partial charge on any atom is 0.243 e. The van der Waals surface area contributed by atoms with Crippen molar-refractivity contribution in [3.63, 3.8) is 0 Å². The van der Waals surface area contributed by atoms with Gasteiger partial charge in [-0.15, -0.1) is 0 Å². The van der Waals surface area contributed by atoms with Crippen LogP contribution in [0.25, 0.3) is 0 Å². The highest BCUT2D eigenvalue weighted by Crippen LogP contribution is 2.18. The Morgan fingerprint density at radius 1 is 1.29 bits per heavy atom. The van der Waals surface area contributed by atoms with Crippen LogP contribution < -0.4 is 5.32 Å². The summed E-state index contributed by atoms with van der Waals surface area (Å²) in [5, 5.41) is 2.91. The van der Waals surface area contributed by atoms with Gasteiger partial charge in [0.2, 0.25) is 5.91 Å². The fraction of sp³-hybridized carbons (Fsp3) is 0.389. The SMILES string of the molecule is C/C=C/C=C/C(=O)NCCCN1CCc2ccccc2C1. The highest BCUT2D eigenvalue weighted by atomic mass is 16.1. The summed E-state index contributed by atoms with van der Waals surface area (Å²) in [5.41, 5.74) is 2.93. The second-order valence-corrected chi connectivity index (χ2v) is 5.32. The molecule has 0 bridgehead atoms. The van der Waals surface area contributed by atoms with Gasteiger partial charge in [0.05, 0.1) is 0 Å². The Morgan fingerprint density at radius 2 is 2.10 bits per heavy atom. The Hall–Kier alpha value is -1.87. The first kappa shape index (κ1) is 15.5. The Balaban J connectivity index is 1.65. The van der Waals surface area contributed by atoms with Gasteiger partial charge in [0.1, 0.15) is 0 Å². The normalized spacial score (nSPS) is 15.5. The van der Waals surface area contributed by atoms with E-state index in [0.29, 0.717) is 0 Å². The zero-order chi connectivity index (χ0) is 14.9. The average molecular weight is 284 g/mol. The van der Waals surface area contributed by atoms with E-state index >= 15 is 0 Å². The van der Waals surface area contributed by atoms with Gasteiger partial charge < -0.3 is 5.32 Å². The first-order chi connectivity index (χ1) is 10.3. The van der Waals surface area contributed by atoms with E-state index in [9.17, 15) is 4.79 Å². The van der Waals surface area contributed by atoms with Crippen molar-refractivity contribution in [3.05, 3.63) is 59.7 Å². The molecule has 0 saturated carbocycles. The van der Waals surface area contributed by atoms with Crippen molar-refractivity contribution in [1.82, 2.24) is 10.2 Å². The Morgan fingerprint density at radius 3 is 2.90 bits per heavy atom. The van der Waals surface area contributed by atoms with E-state index in [-0.39, 0.29) is 5.91 Å². The number of nitrogens with zero attached hydrogens (tertiary/aromatic N) is 1. The first-order valence-electron chi connectivity index (χ1n) is 7.66. The van der Waals surface area contributed by atoms with E-state index in [0.717, 1.165) is 39.0 Å². The summed E-state index contributed by atoms with van der Waals surface area (Å²) >= 11 is 0. The maximum atomic E-state index is 11.5. The molecule has 1 heterocycles. The highest BCUT2D eigenvalue weighted by molar-refractivity contribution is 5.87. The maximum absolute atomic E-state index is 11.5. The van der Waals surface area contributed by atoms with Gasteiger partial charge in [-0.3, -0.25) is 9.69 Å². The van der Waals surface area contributed by atoms with Crippen molar-refractivity contribution in [3.8, 4) is 0 Å². The molecule has 3 nitrogen and oxygen atoms in total. The van der Waals surface area contributed by atoms with Gasteiger partial charge >= 0.3 is 0 Å². The summed E-state index contributed by atoms with van der Waals surface area (Å²) in [4.78, 5) is 13.9. The van der Waals surface area contributed by atoms with Crippen molar-refractivity contribution >= 4 is 5.91 Å². The van der Waals surface area contributed by atoms with Crippen molar-refractivity contribution in [2.45, 2.75) is 26.3 Å². The Kier molecular flexibility index (Phi) is 6.22. The third-order valence-corrected chi connectivity index (χ3v) is 3.71. The van der Waals surface area contributed by atoms with E-state index in [1.807, 2.05) is 19.1 Å². The zero-order valence-electron chi connectivity index (χ0n) is 12.7. The molecule has 21 heavy (non-hydrogen) atoms.